The molecule has 0 fully saturated rings. The molecule has 0 heterocycles. The molecule has 0 aromatic rings. The van der Waals surface area contributed by atoms with Crippen molar-refractivity contribution in [2.45, 2.75) is 26.2 Å². The first-order valence-corrected chi connectivity index (χ1v) is 4.69. The Labute approximate surface area is 67.7 Å². The lowest BCUT2D eigenvalue weighted by Gasteiger charge is -1.88. The molecule has 3 nitrogen and oxygen atoms in total. The van der Waals surface area contributed by atoms with Gasteiger partial charge in [0.15, 0.2) is 0 Å². The second-order valence-corrected chi connectivity index (χ2v) is 3.20. The lowest BCUT2D eigenvalue weighted by Crippen LogP contribution is -1.85. The number of hydrogen-bond donors (Lipinski definition) is 1. The summed E-state index contributed by atoms with van der Waals surface area (Å²) in [5.41, 5.74) is 0. The summed E-state index contributed by atoms with van der Waals surface area (Å²) < 4.78 is 19.2. The van der Waals surface area contributed by atoms with E-state index in [1.54, 1.807) is 0 Å². The first-order chi connectivity index (χ1) is 4.81. The molecule has 0 saturated heterocycles. The van der Waals surface area contributed by atoms with Crippen LogP contribution in [0, 0.1) is 0 Å². The summed E-state index contributed by atoms with van der Waals surface area (Å²) in [5, 5.41) is 0. The van der Waals surface area contributed by atoms with Crippen LogP contribution in [0.5, 0.6) is 0 Å². The molecule has 0 N–H and O–H groups in total. The first kappa shape index (κ1) is 10.4. The largest absolute Gasteiger partial charge is 0.709 e. The maximum atomic E-state index is 10.4. The fourth-order valence-electron chi connectivity index (χ4n) is 0.515. The highest BCUT2D eigenvalue weighted by Gasteiger charge is 2.16. The minimum absolute atomic E-state index is 0.490. The van der Waals surface area contributed by atoms with Crippen molar-refractivity contribution in [3.8, 4) is 0 Å². The van der Waals surface area contributed by atoms with E-state index in [4.69, 9.17) is 4.52 Å². The van der Waals surface area contributed by atoms with Crippen molar-refractivity contribution in [1.82, 2.24) is 0 Å². The van der Waals surface area contributed by atoms with E-state index in [2.05, 4.69) is 23.8 Å². The van der Waals surface area contributed by atoms with Crippen LogP contribution >= 0.6 is 21.2 Å². The van der Waals surface area contributed by atoms with Crippen LogP contribution in [-0.4, -0.2) is 6.61 Å². The second-order valence-electron chi connectivity index (χ2n) is 1.85. The molecule has 0 aliphatic carbocycles. The fourth-order valence-corrected chi connectivity index (χ4v) is 0.981. The van der Waals surface area contributed by atoms with Gasteiger partial charge in [-0.1, -0.05) is 19.8 Å². The smallest absolute Gasteiger partial charge is 0.118 e. The lowest BCUT2D eigenvalue weighted by molar-refractivity contribution is 0.287. The molecule has 0 rings (SSSR count). The fraction of sp³-hybridized carbons (Fsp3) is 1.00. The number of unbranched alkanes of at least 4 members (excludes halogenated alkanes) is 2. The van der Waals surface area contributed by atoms with Crippen LogP contribution in [0.3, 0.4) is 0 Å². The summed E-state index contributed by atoms with van der Waals surface area (Å²) in [6.07, 6.45) is 3.15. The standard InChI is InChI=1S/C5H11O3PS/c1-2-3-4-5-7-9(6)8-10/h2-5H2,1H3/p+1. The number of rotatable bonds is 6. The van der Waals surface area contributed by atoms with Crippen LogP contribution in [0.15, 0.2) is 0 Å². The molecular weight excluding hydrogens is 171 g/mol. The van der Waals surface area contributed by atoms with Crippen LogP contribution in [0.2, 0.25) is 0 Å². The Hall–Kier alpha value is 0.370. The summed E-state index contributed by atoms with van der Waals surface area (Å²) in [7, 11) is -1.98. The maximum Gasteiger partial charge on any atom is 0.709 e. The van der Waals surface area contributed by atoms with Crippen LogP contribution in [0.4, 0.5) is 0 Å². The Kier molecular flexibility index (Phi) is 7.75. The Morgan fingerprint density at radius 1 is 1.50 bits per heavy atom. The van der Waals surface area contributed by atoms with E-state index in [0.717, 1.165) is 19.3 Å². The zero-order valence-corrected chi connectivity index (χ0v) is 7.74. The number of hydrogen-bond acceptors (Lipinski definition) is 4. The van der Waals surface area contributed by atoms with E-state index in [0.29, 0.717) is 6.61 Å². The topological polar surface area (TPSA) is 35.5 Å². The second kappa shape index (κ2) is 7.48. The van der Waals surface area contributed by atoms with Crippen molar-refractivity contribution in [1.29, 1.82) is 0 Å². The van der Waals surface area contributed by atoms with Crippen molar-refractivity contribution < 1.29 is 13.1 Å². The molecule has 0 aromatic heterocycles. The molecule has 0 bridgehead atoms. The van der Waals surface area contributed by atoms with Gasteiger partial charge in [-0.2, -0.15) is 0 Å². The summed E-state index contributed by atoms with van der Waals surface area (Å²) in [4.78, 5) is 0. The monoisotopic (exact) mass is 183 g/mol. The van der Waals surface area contributed by atoms with Crippen LogP contribution in [-0.2, 0) is 13.1 Å². The van der Waals surface area contributed by atoms with Crippen molar-refractivity contribution in [3.05, 3.63) is 0 Å². The van der Waals surface area contributed by atoms with Gasteiger partial charge in [0.2, 0.25) is 0 Å². The lowest BCUT2D eigenvalue weighted by atomic mass is 10.3. The zero-order chi connectivity index (χ0) is 7.82. The summed E-state index contributed by atoms with van der Waals surface area (Å²) >= 11 is 3.33. The number of thiol groups is 1. The Balaban J connectivity index is 2.96. The molecule has 1 atom stereocenters. The average Bonchev–Trinajstić information content (AvgIpc) is 1.98. The minimum atomic E-state index is -1.98. The maximum absolute atomic E-state index is 10.4. The molecule has 0 aliphatic heterocycles. The Morgan fingerprint density at radius 3 is 2.70 bits per heavy atom. The molecule has 60 valence electrons. The summed E-state index contributed by atoms with van der Waals surface area (Å²) in [5.74, 6) is 0. The summed E-state index contributed by atoms with van der Waals surface area (Å²) in [6, 6.07) is 0. The summed E-state index contributed by atoms with van der Waals surface area (Å²) in [6.45, 7) is 2.58. The molecule has 0 radical (unpaired) electrons. The average molecular weight is 183 g/mol. The van der Waals surface area contributed by atoms with Gasteiger partial charge in [0.25, 0.3) is 0 Å². The Bertz CT molecular complexity index is 98.9. The van der Waals surface area contributed by atoms with E-state index in [-0.39, 0.29) is 0 Å². The molecule has 5 heteroatoms. The molecular formula is C5H12O3PS+. The molecule has 1 unspecified atom stereocenters. The van der Waals surface area contributed by atoms with Crippen LogP contribution in [0.1, 0.15) is 26.2 Å². The third kappa shape index (κ3) is 6.49. The van der Waals surface area contributed by atoms with Crippen molar-refractivity contribution >= 4 is 21.2 Å². The van der Waals surface area contributed by atoms with Crippen molar-refractivity contribution in [3.63, 3.8) is 0 Å². The molecule has 0 spiro atoms. The van der Waals surface area contributed by atoms with Crippen LogP contribution < -0.4 is 0 Å². The molecule has 0 aromatic carbocycles. The van der Waals surface area contributed by atoms with Gasteiger partial charge in [0.05, 0.1) is 0 Å². The van der Waals surface area contributed by atoms with E-state index in [9.17, 15) is 4.57 Å². The highest BCUT2D eigenvalue weighted by Crippen LogP contribution is 2.25. The highest BCUT2D eigenvalue weighted by atomic mass is 32.1. The van der Waals surface area contributed by atoms with E-state index in [1.165, 1.54) is 0 Å². The van der Waals surface area contributed by atoms with Gasteiger partial charge in [-0.3, -0.25) is 0 Å². The van der Waals surface area contributed by atoms with Gasteiger partial charge in [-0.05, 0) is 10.4 Å². The predicted octanol–water partition coefficient (Wildman–Crippen LogP) is 2.71. The van der Waals surface area contributed by atoms with E-state index >= 15 is 0 Å². The molecule has 0 saturated carbocycles. The Morgan fingerprint density at radius 2 is 2.20 bits per heavy atom. The van der Waals surface area contributed by atoms with E-state index < -0.39 is 8.25 Å². The molecule has 10 heavy (non-hydrogen) atoms. The quantitative estimate of drug-likeness (QED) is 0.297. The van der Waals surface area contributed by atoms with Gasteiger partial charge >= 0.3 is 8.25 Å². The third-order valence-electron chi connectivity index (χ3n) is 1.01. The van der Waals surface area contributed by atoms with Gasteiger partial charge in [-0.25, -0.2) is 0 Å². The van der Waals surface area contributed by atoms with E-state index in [1.807, 2.05) is 0 Å². The molecule has 0 amide bonds. The van der Waals surface area contributed by atoms with Crippen LogP contribution in [0.25, 0.3) is 0 Å². The normalized spacial score (nSPS) is 11.6. The third-order valence-corrected chi connectivity index (χ3v) is 1.94. The van der Waals surface area contributed by atoms with Gasteiger partial charge in [0, 0.05) is 17.5 Å². The van der Waals surface area contributed by atoms with Gasteiger partial charge in [0.1, 0.15) is 6.61 Å². The zero-order valence-electron chi connectivity index (χ0n) is 5.95. The van der Waals surface area contributed by atoms with Gasteiger partial charge in [-0.15, -0.1) is 4.52 Å². The first-order valence-electron chi connectivity index (χ1n) is 3.23. The van der Waals surface area contributed by atoms with Crippen molar-refractivity contribution in [2.75, 3.05) is 6.61 Å². The minimum Gasteiger partial charge on any atom is -0.118 e. The van der Waals surface area contributed by atoms with Gasteiger partial charge < -0.3 is 0 Å². The SMILES string of the molecule is CCCCCO[P+](=O)OS. The highest BCUT2D eigenvalue weighted by molar-refractivity contribution is 7.79. The predicted molar refractivity (Wildman–Crippen MR) is 43.2 cm³/mol. The molecule has 0 aliphatic rings. The van der Waals surface area contributed by atoms with Crippen molar-refractivity contribution in [2.24, 2.45) is 0 Å².